The van der Waals surface area contributed by atoms with Crippen LogP contribution in [0.5, 0.6) is 0 Å². The highest BCUT2D eigenvalue weighted by molar-refractivity contribution is 8.00. The van der Waals surface area contributed by atoms with Gasteiger partial charge in [0.15, 0.2) is 5.69 Å². The van der Waals surface area contributed by atoms with Gasteiger partial charge in [0.25, 0.3) is 5.91 Å². The van der Waals surface area contributed by atoms with Gasteiger partial charge in [0.1, 0.15) is 0 Å². The third kappa shape index (κ3) is 4.23. The Kier molecular flexibility index (Phi) is 5.85. The number of hydrogen-bond acceptors (Lipinski definition) is 5. The number of fused-ring (bicyclic) bond motifs is 1. The summed E-state index contributed by atoms with van der Waals surface area (Å²) in [6.07, 6.45) is -0.443. The number of carbonyl (C=O) groups is 1. The van der Waals surface area contributed by atoms with Gasteiger partial charge in [-0.25, -0.2) is 9.97 Å². The maximum atomic E-state index is 13.4. The number of benzene rings is 1. The number of halogens is 4. The number of aromatic nitrogens is 2. The maximum absolute atomic E-state index is 13.4. The molecule has 1 unspecified atom stereocenters. The fourth-order valence-corrected chi connectivity index (χ4v) is 4.89. The molecule has 3 heterocycles. The molecule has 2 aromatic rings. The van der Waals surface area contributed by atoms with Crippen molar-refractivity contribution in [3.05, 3.63) is 40.7 Å². The minimum absolute atomic E-state index is 0.0106. The fraction of sp³-hybridized carbons (Fsp3) is 0.450. The molecule has 2 aliphatic rings. The van der Waals surface area contributed by atoms with Crippen LogP contribution in [0.4, 0.5) is 24.8 Å². The third-order valence-electron chi connectivity index (χ3n) is 5.23. The SMILES string of the molecule is CC1CCN(C(=O)c2nc(N3CCCC3)ncc2Cl)c2cc(C(F)(F)F)ccc2S1. The molecule has 0 bridgehead atoms. The van der Waals surface area contributed by atoms with E-state index >= 15 is 0 Å². The van der Waals surface area contributed by atoms with Gasteiger partial charge in [0, 0.05) is 29.8 Å². The van der Waals surface area contributed by atoms with Crippen LogP contribution >= 0.6 is 23.4 Å². The van der Waals surface area contributed by atoms with E-state index in [-0.39, 0.29) is 28.2 Å². The molecule has 1 fully saturated rings. The molecule has 0 spiro atoms. The normalized spacial score (nSPS) is 19.6. The second-order valence-corrected chi connectivity index (χ2v) is 9.30. The molecule has 1 saturated heterocycles. The summed E-state index contributed by atoms with van der Waals surface area (Å²) in [7, 11) is 0. The standard InChI is InChI=1S/C20H20ClF3N4OS/c1-12-6-9-28(15-10-13(20(22,23)24)4-5-16(15)30-12)18(29)17-14(21)11-25-19(26-17)27-7-2-3-8-27/h4-5,10-12H,2-3,6-9H2,1H3. The molecule has 2 aliphatic heterocycles. The first-order chi connectivity index (χ1) is 14.2. The summed E-state index contributed by atoms with van der Waals surface area (Å²) < 4.78 is 40.0. The fourth-order valence-electron chi connectivity index (χ4n) is 3.63. The second kappa shape index (κ2) is 8.26. The lowest BCUT2D eigenvalue weighted by molar-refractivity contribution is -0.137. The Morgan fingerprint density at radius 3 is 2.67 bits per heavy atom. The molecule has 160 valence electrons. The second-order valence-electron chi connectivity index (χ2n) is 7.41. The Morgan fingerprint density at radius 1 is 1.23 bits per heavy atom. The van der Waals surface area contributed by atoms with Gasteiger partial charge < -0.3 is 9.80 Å². The number of anilines is 2. The van der Waals surface area contributed by atoms with Crippen molar-refractivity contribution in [2.24, 2.45) is 0 Å². The van der Waals surface area contributed by atoms with Crippen LogP contribution < -0.4 is 9.80 Å². The largest absolute Gasteiger partial charge is 0.416 e. The molecule has 0 N–H and O–H groups in total. The summed E-state index contributed by atoms with van der Waals surface area (Å²) in [4.78, 5) is 26.0. The summed E-state index contributed by atoms with van der Waals surface area (Å²) in [5, 5.41) is 0.237. The highest BCUT2D eigenvalue weighted by Gasteiger charge is 2.34. The van der Waals surface area contributed by atoms with Crippen LogP contribution in [0, 0.1) is 0 Å². The number of thioether (sulfide) groups is 1. The zero-order valence-corrected chi connectivity index (χ0v) is 17.8. The number of alkyl halides is 3. The quantitative estimate of drug-likeness (QED) is 0.615. The summed E-state index contributed by atoms with van der Waals surface area (Å²) in [6.45, 7) is 3.86. The van der Waals surface area contributed by atoms with Crippen molar-refractivity contribution in [1.29, 1.82) is 0 Å². The van der Waals surface area contributed by atoms with Gasteiger partial charge in [-0.05, 0) is 37.5 Å². The topological polar surface area (TPSA) is 49.3 Å². The van der Waals surface area contributed by atoms with E-state index in [1.165, 1.54) is 28.9 Å². The number of amides is 1. The zero-order valence-electron chi connectivity index (χ0n) is 16.2. The lowest BCUT2D eigenvalue weighted by Crippen LogP contribution is -2.34. The molecular formula is C20H20ClF3N4OS. The monoisotopic (exact) mass is 456 g/mol. The third-order valence-corrected chi connectivity index (χ3v) is 6.75. The van der Waals surface area contributed by atoms with Crippen LogP contribution in [-0.2, 0) is 6.18 Å². The van der Waals surface area contributed by atoms with Crippen LogP contribution in [0.1, 0.15) is 42.2 Å². The van der Waals surface area contributed by atoms with Crippen LogP contribution in [0.25, 0.3) is 0 Å². The van der Waals surface area contributed by atoms with Gasteiger partial charge in [-0.15, -0.1) is 11.8 Å². The van der Waals surface area contributed by atoms with Gasteiger partial charge in [-0.3, -0.25) is 4.79 Å². The van der Waals surface area contributed by atoms with Crippen LogP contribution in [0.2, 0.25) is 5.02 Å². The molecule has 1 amide bonds. The Labute approximate surface area is 181 Å². The molecule has 0 radical (unpaired) electrons. The van der Waals surface area contributed by atoms with Crippen molar-refractivity contribution in [2.75, 3.05) is 29.4 Å². The van der Waals surface area contributed by atoms with E-state index in [4.69, 9.17) is 11.6 Å². The van der Waals surface area contributed by atoms with Crippen LogP contribution in [0.15, 0.2) is 29.3 Å². The average molecular weight is 457 g/mol. The summed E-state index contributed by atoms with van der Waals surface area (Å²) >= 11 is 7.70. The number of rotatable bonds is 2. The van der Waals surface area contributed by atoms with E-state index in [0.29, 0.717) is 17.3 Å². The van der Waals surface area contributed by atoms with Crippen molar-refractivity contribution >= 4 is 40.9 Å². The Bertz CT molecular complexity index is 966. The van der Waals surface area contributed by atoms with Crippen LogP contribution in [0.3, 0.4) is 0 Å². The highest BCUT2D eigenvalue weighted by Crippen LogP contribution is 2.42. The number of hydrogen-bond donors (Lipinski definition) is 0. The van der Waals surface area contributed by atoms with E-state index < -0.39 is 17.6 Å². The molecule has 0 saturated carbocycles. The Morgan fingerprint density at radius 2 is 1.97 bits per heavy atom. The first-order valence-corrected chi connectivity index (χ1v) is 11.0. The molecule has 4 rings (SSSR count). The maximum Gasteiger partial charge on any atom is 0.416 e. The van der Waals surface area contributed by atoms with E-state index in [2.05, 4.69) is 9.97 Å². The van der Waals surface area contributed by atoms with E-state index in [9.17, 15) is 18.0 Å². The predicted octanol–water partition coefficient (Wildman–Crippen LogP) is 5.28. The van der Waals surface area contributed by atoms with Gasteiger partial charge in [0.2, 0.25) is 5.95 Å². The average Bonchev–Trinajstić information content (AvgIpc) is 3.17. The zero-order chi connectivity index (χ0) is 21.5. The molecule has 1 aromatic heterocycles. The minimum Gasteiger partial charge on any atom is -0.341 e. The van der Waals surface area contributed by atoms with Crippen molar-refractivity contribution in [1.82, 2.24) is 9.97 Å². The van der Waals surface area contributed by atoms with Crippen LogP contribution in [-0.4, -0.2) is 40.8 Å². The number of carbonyl (C=O) groups excluding carboxylic acids is 1. The Hall–Kier alpha value is -2.00. The Balaban J connectivity index is 1.75. The van der Waals surface area contributed by atoms with Gasteiger partial charge >= 0.3 is 6.18 Å². The number of nitrogens with zero attached hydrogens (tertiary/aromatic N) is 4. The van der Waals surface area contributed by atoms with Gasteiger partial charge in [0.05, 0.1) is 22.5 Å². The van der Waals surface area contributed by atoms with Gasteiger partial charge in [-0.1, -0.05) is 18.5 Å². The highest BCUT2D eigenvalue weighted by atomic mass is 35.5. The molecular weight excluding hydrogens is 437 g/mol. The van der Waals surface area contributed by atoms with Crippen molar-refractivity contribution in [2.45, 2.75) is 42.5 Å². The summed E-state index contributed by atoms with van der Waals surface area (Å²) in [5.41, 5.74) is -0.543. The molecule has 0 aliphatic carbocycles. The summed E-state index contributed by atoms with van der Waals surface area (Å²) in [6, 6.07) is 3.52. The van der Waals surface area contributed by atoms with E-state index in [0.717, 1.165) is 38.1 Å². The van der Waals surface area contributed by atoms with Gasteiger partial charge in [-0.2, -0.15) is 13.2 Å². The lowest BCUT2D eigenvalue weighted by atomic mass is 10.1. The predicted molar refractivity (Wildman–Crippen MR) is 112 cm³/mol. The first-order valence-electron chi connectivity index (χ1n) is 9.71. The van der Waals surface area contributed by atoms with E-state index in [1.807, 2.05) is 11.8 Å². The van der Waals surface area contributed by atoms with Crippen molar-refractivity contribution in [3.63, 3.8) is 0 Å². The molecule has 5 nitrogen and oxygen atoms in total. The lowest BCUT2D eigenvalue weighted by Gasteiger charge is -2.24. The smallest absolute Gasteiger partial charge is 0.341 e. The molecule has 30 heavy (non-hydrogen) atoms. The molecule has 1 atom stereocenters. The first kappa shape index (κ1) is 21.2. The summed E-state index contributed by atoms with van der Waals surface area (Å²) in [5.74, 6) is -0.0970. The van der Waals surface area contributed by atoms with E-state index in [1.54, 1.807) is 0 Å². The van der Waals surface area contributed by atoms with Crippen molar-refractivity contribution in [3.8, 4) is 0 Å². The minimum atomic E-state index is -4.50. The molecule has 1 aromatic carbocycles. The van der Waals surface area contributed by atoms with Crippen molar-refractivity contribution < 1.29 is 18.0 Å². The molecule has 10 heteroatoms.